The highest BCUT2D eigenvalue weighted by molar-refractivity contribution is 5.76. The minimum atomic E-state index is -6.60. The molecule has 0 spiro atoms. The number of hydrogen-bond donors (Lipinski definition) is 1. The quantitative estimate of drug-likeness (QED) is 0.795. The molecule has 0 fully saturated rings. The molecule has 0 saturated carbocycles. The Kier molecular flexibility index (Phi) is 6.54. The van der Waals surface area contributed by atoms with E-state index in [-0.39, 0.29) is 0 Å². The zero-order valence-electron chi connectivity index (χ0n) is 8.92. The molecule has 0 aliphatic heterocycles. The molecule has 0 radical (unpaired) electrons. The van der Waals surface area contributed by atoms with Crippen LogP contribution in [0.25, 0.3) is 0 Å². The minimum Gasteiger partial charge on any atom is -0.477 e. The van der Waals surface area contributed by atoms with Crippen molar-refractivity contribution >= 4 is 5.97 Å². The SMILES string of the molecule is CCCC.O=C(O)C(F)(F)C(F)(F)C(F)(F)F. The molecule has 0 aliphatic carbocycles. The number of carboxylic acid groups (broad SMARTS) is 1. The summed E-state index contributed by atoms with van der Waals surface area (Å²) >= 11 is 0. The van der Waals surface area contributed by atoms with Crippen LogP contribution < -0.4 is 0 Å². The van der Waals surface area contributed by atoms with Gasteiger partial charge in [-0.2, -0.15) is 30.7 Å². The summed E-state index contributed by atoms with van der Waals surface area (Å²) < 4.78 is 80.5. The van der Waals surface area contributed by atoms with Crippen LogP contribution in [0.15, 0.2) is 0 Å². The maximum absolute atomic E-state index is 11.8. The molecule has 1 N–H and O–H groups in total. The summed E-state index contributed by atoms with van der Waals surface area (Å²) in [5.41, 5.74) is 0. The topological polar surface area (TPSA) is 37.3 Å². The monoisotopic (exact) mass is 272 g/mol. The minimum absolute atomic E-state index is 1.32. The van der Waals surface area contributed by atoms with E-state index in [0.717, 1.165) is 0 Å². The Morgan fingerprint density at radius 3 is 1.29 bits per heavy atom. The molecule has 0 aromatic carbocycles. The van der Waals surface area contributed by atoms with Crippen LogP contribution in [0.4, 0.5) is 30.7 Å². The van der Waals surface area contributed by atoms with Crippen LogP contribution in [0.1, 0.15) is 26.7 Å². The Balaban J connectivity index is 0. The first-order chi connectivity index (χ1) is 7.36. The van der Waals surface area contributed by atoms with Crippen molar-refractivity contribution in [3.05, 3.63) is 0 Å². The first kappa shape index (κ1) is 18.3. The van der Waals surface area contributed by atoms with Crippen molar-refractivity contribution in [3.8, 4) is 0 Å². The van der Waals surface area contributed by atoms with Crippen molar-refractivity contribution in [1.82, 2.24) is 0 Å². The van der Waals surface area contributed by atoms with Gasteiger partial charge in [-0.05, 0) is 0 Å². The van der Waals surface area contributed by atoms with Crippen LogP contribution in [0.2, 0.25) is 0 Å². The molecule has 0 amide bonds. The average Bonchev–Trinajstić information content (AvgIpc) is 2.16. The summed E-state index contributed by atoms with van der Waals surface area (Å²) in [5, 5.41) is 7.41. The second-order valence-electron chi connectivity index (χ2n) is 2.95. The lowest BCUT2D eigenvalue weighted by Crippen LogP contribution is -2.56. The molecular weight excluding hydrogens is 261 g/mol. The normalized spacial score (nSPS) is 12.8. The van der Waals surface area contributed by atoms with Crippen LogP contribution in [0.5, 0.6) is 0 Å². The second kappa shape index (κ2) is 6.06. The van der Waals surface area contributed by atoms with Crippen molar-refractivity contribution in [2.24, 2.45) is 0 Å². The molecule has 0 bridgehead atoms. The molecule has 0 atom stereocenters. The van der Waals surface area contributed by atoms with E-state index in [9.17, 15) is 35.5 Å². The van der Waals surface area contributed by atoms with Gasteiger partial charge >= 0.3 is 24.0 Å². The Morgan fingerprint density at radius 1 is 0.941 bits per heavy atom. The summed E-state index contributed by atoms with van der Waals surface area (Å²) in [6.07, 6.45) is -3.96. The van der Waals surface area contributed by atoms with Gasteiger partial charge in [0, 0.05) is 0 Å². The number of carboxylic acids is 1. The van der Waals surface area contributed by atoms with E-state index in [0.29, 0.717) is 0 Å². The maximum atomic E-state index is 11.8. The number of rotatable bonds is 3. The fourth-order valence-corrected chi connectivity index (χ4v) is 0.312. The van der Waals surface area contributed by atoms with Crippen molar-refractivity contribution < 1.29 is 40.6 Å². The number of carbonyl (C=O) groups is 1. The third kappa shape index (κ3) is 4.39. The molecule has 104 valence electrons. The first-order valence-corrected chi connectivity index (χ1v) is 4.41. The van der Waals surface area contributed by atoms with Crippen molar-refractivity contribution in [2.45, 2.75) is 44.7 Å². The van der Waals surface area contributed by atoms with E-state index >= 15 is 0 Å². The summed E-state index contributed by atoms with van der Waals surface area (Å²) in [6, 6.07) is 0. The Morgan fingerprint density at radius 2 is 1.24 bits per heavy atom. The van der Waals surface area contributed by atoms with Gasteiger partial charge < -0.3 is 5.11 Å². The summed E-state index contributed by atoms with van der Waals surface area (Å²) in [6.45, 7) is 4.36. The summed E-state index contributed by atoms with van der Waals surface area (Å²) in [7, 11) is 0. The van der Waals surface area contributed by atoms with Crippen molar-refractivity contribution in [2.75, 3.05) is 0 Å². The molecule has 0 aromatic rings. The molecule has 9 heteroatoms. The van der Waals surface area contributed by atoms with Crippen molar-refractivity contribution in [1.29, 1.82) is 0 Å². The lowest BCUT2D eigenvalue weighted by molar-refractivity contribution is -0.347. The summed E-state index contributed by atoms with van der Waals surface area (Å²) in [4.78, 5) is 9.38. The number of alkyl halides is 7. The highest BCUT2D eigenvalue weighted by atomic mass is 19.4. The smallest absolute Gasteiger partial charge is 0.460 e. The van der Waals surface area contributed by atoms with Crippen LogP contribution in [0.3, 0.4) is 0 Å². The van der Waals surface area contributed by atoms with Gasteiger partial charge in [-0.15, -0.1) is 0 Å². The molecule has 2 nitrogen and oxygen atoms in total. The molecule has 0 saturated heterocycles. The third-order valence-electron chi connectivity index (χ3n) is 1.52. The Labute approximate surface area is 92.4 Å². The highest BCUT2D eigenvalue weighted by Crippen LogP contribution is 2.46. The van der Waals surface area contributed by atoms with E-state index in [1.54, 1.807) is 0 Å². The van der Waals surface area contributed by atoms with Crippen LogP contribution >= 0.6 is 0 Å². The van der Waals surface area contributed by atoms with Crippen LogP contribution in [0, 0.1) is 0 Å². The number of unbranched alkanes of at least 4 members (excludes halogenated alkanes) is 1. The van der Waals surface area contributed by atoms with E-state index in [4.69, 9.17) is 5.11 Å². The molecule has 0 aromatic heterocycles. The Bertz CT molecular complexity index is 245. The van der Waals surface area contributed by atoms with E-state index in [1.165, 1.54) is 12.8 Å². The fourth-order valence-electron chi connectivity index (χ4n) is 0.312. The number of aliphatic carboxylic acids is 1. The molecule has 0 heterocycles. The fraction of sp³-hybridized carbons (Fsp3) is 0.875. The highest BCUT2D eigenvalue weighted by Gasteiger charge is 2.76. The molecule has 0 rings (SSSR count). The van der Waals surface area contributed by atoms with Gasteiger partial charge in [-0.1, -0.05) is 26.7 Å². The van der Waals surface area contributed by atoms with Crippen LogP contribution in [-0.2, 0) is 4.79 Å². The van der Waals surface area contributed by atoms with Gasteiger partial charge in [0.15, 0.2) is 0 Å². The van der Waals surface area contributed by atoms with E-state index in [2.05, 4.69) is 13.8 Å². The zero-order chi connectivity index (χ0) is 14.5. The largest absolute Gasteiger partial charge is 0.477 e. The van der Waals surface area contributed by atoms with Crippen LogP contribution in [-0.4, -0.2) is 29.1 Å². The van der Waals surface area contributed by atoms with Gasteiger partial charge in [0.25, 0.3) is 0 Å². The summed E-state index contributed by atoms with van der Waals surface area (Å²) in [5.74, 6) is -16.3. The molecule has 0 unspecified atom stereocenters. The zero-order valence-corrected chi connectivity index (χ0v) is 8.92. The number of hydrogen-bond acceptors (Lipinski definition) is 1. The Hall–Kier alpha value is -1.02. The lowest BCUT2D eigenvalue weighted by Gasteiger charge is -2.24. The molecule has 17 heavy (non-hydrogen) atoms. The predicted octanol–water partition coefficient (Wildman–Crippen LogP) is 3.71. The maximum Gasteiger partial charge on any atom is 0.460 e. The van der Waals surface area contributed by atoms with Crippen molar-refractivity contribution in [3.63, 3.8) is 0 Å². The van der Waals surface area contributed by atoms with E-state index in [1.807, 2.05) is 0 Å². The molecule has 0 aliphatic rings. The lowest BCUT2D eigenvalue weighted by atomic mass is 10.1. The standard InChI is InChI=1S/C4HF7O2.C4H10/c5-2(6,1(12)13)3(7,8)4(9,10)11;1-3-4-2/h(H,12,13);3-4H2,1-2H3. The van der Waals surface area contributed by atoms with Gasteiger partial charge in [0.1, 0.15) is 0 Å². The van der Waals surface area contributed by atoms with Gasteiger partial charge in [-0.3, -0.25) is 0 Å². The molecular formula is C8H11F7O2. The van der Waals surface area contributed by atoms with Gasteiger partial charge in [0.05, 0.1) is 0 Å². The van der Waals surface area contributed by atoms with Gasteiger partial charge in [0.2, 0.25) is 0 Å². The van der Waals surface area contributed by atoms with Gasteiger partial charge in [-0.25, -0.2) is 4.79 Å². The third-order valence-corrected chi connectivity index (χ3v) is 1.52. The first-order valence-electron chi connectivity index (χ1n) is 4.41. The number of halogens is 7. The predicted molar refractivity (Wildman–Crippen MR) is 44.2 cm³/mol. The second-order valence-corrected chi connectivity index (χ2v) is 2.95. The average molecular weight is 272 g/mol. The van der Waals surface area contributed by atoms with E-state index < -0.39 is 24.0 Å².